The maximum absolute atomic E-state index is 7.02. The van der Waals surface area contributed by atoms with Crippen molar-refractivity contribution in [3.8, 4) is 22.3 Å². The van der Waals surface area contributed by atoms with Crippen LogP contribution >= 0.6 is 11.3 Å². The second-order valence-corrected chi connectivity index (χ2v) is 17.4. The van der Waals surface area contributed by atoms with E-state index in [0.29, 0.717) is 0 Å². The van der Waals surface area contributed by atoms with Crippen molar-refractivity contribution in [1.29, 1.82) is 0 Å². The Morgan fingerprint density at radius 2 is 1.00 bits per heavy atom. The molecule has 290 valence electrons. The molecule has 0 atom stereocenters. The van der Waals surface area contributed by atoms with Gasteiger partial charge in [-0.15, -0.1) is 11.3 Å². The monoisotopic (exact) mass is 807 g/mol. The summed E-state index contributed by atoms with van der Waals surface area (Å²) in [6.45, 7) is 0. The molecule has 0 amide bonds. The molecule has 0 spiro atoms. The van der Waals surface area contributed by atoms with Gasteiger partial charge in [0.25, 0.3) is 0 Å². The molecule has 0 unspecified atom stereocenters. The first-order chi connectivity index (χ1) is 30.8. The molecule has 10 aromatic carbocycles. The van der Waals surface area contributed by atoms with Crippen LogP contribution in [0.4, 0.5) is 17.1 Å². The van der Waals surface area contributed by atoms with Crippen molar-refractivity contribution in [2.45, 2.75) is 5.41 Å². The molecule has 0 aliphatic heterocycles. The number of thiophene rings is 1. The van der Waals surface area contributed by atoms with Crippen LogP contribution in [0.3, 0.4) is 0 Å². The number of para-hydroxylation sites is 1. The summed E-state index contributed by atoms with van der Waals surface area (Å²) in [5.74, 6) is 0. The first-order valence-corrected chi connectivity index (χ1v) is 22.1. The van der Waals surface area contributed by atoms with Crippen LogP contribution in [0.25, 0.3) is 75.1 Å². The van der Waals surface area contributed by atoms with Crippen molar-refractivity contribution in [1.82, 2.24) is 0 Å². The lowest BCUT2D eigenvalue weighted by Gasteiger charge is -2.35. The van der Waals surface area contributed by atoms with Crippen molar-refractivity contribution in [2.24, 2.45) is 0 Å². The number of anilines is 3. The van der Waals surface area contributed by atoms with Gasteiger partial charge in [0.15, 0.2) is 0 Å². The van der Waals surface area contributed by atoms with Crippen LogP contribution in [-0.4, -0.2) is 0 Å². The van der Waals surface area contributed by atoms with E-state index in [1.54, 1.807) is 0 Å². The summed E-state index contributed by atoms with van der Waals surface area (Å²) in [7, 11) is 0. The SMILES string of the molecule is c1ccc(N(c2ccc3c(c2)C(c2ccccc2)(c2ccccc2)c2ccccc2-3)c2ccc3oc4c(-c5cccc6c5sc5ccccc56)c5ccccc5cc4c3c2)cc1. The molecule has 13 rings (SSSR count). The van der Waals surface area contributed by atoms with Gasteiger partial charge < -0.3 is 9.32 Å². The van der Waals surface area contributed by atoms with Gasteiger partial charge in [-0.05, 0) is 98.8 Å². The molecule has 0 N–H and O–H groups in total. The molecule has 1 aliphatic rings. The molecule has 3 heteroatoms. The Labute approximate surface area is 363 Å². The molecule has 0 saturated heterocycles. The molecule has 2 aromatic heterocycles. The highest BCUT2D eigenvalue weighted by atomic mass is 32.1. The highest BCUT2D eigenvalue weighted by Gasteiger charge is 2.46. The van der Waals surface area contributed by atoms with Crippen molar-refractivity contribution in [3.05, 3.63) is 247 Å². The van der Waals surface area contributed by atoms with Gasteiger partial charge in [0.2, 0.25) is 0 Å². The van der Waals surface area contributed by atoms with Gasteiger partial charge in [0.05, 0.1) is 5.41 Å². The summed E-state index contributed by atoms with van der Waals surface area (Å²) >= 11 is 1.86. The second-order valence-electron chi connectivity index (χ2n) is 16.3. The third kappa shape index (κ3) is 5.03. The third-order valence-electron chi connectivity index (χ3n) is 13.1. The van der Waals surface area contributed by atoms with E-state index in [1.165, 1.54) is 69.9 Å². The van der Waals surface area contributed by atoms with Crippen LogP contribution in [0.15, 0.2) is 229 Å². The Bertz CT molecular complexity index is 3660. The lowest BCUT2D eigenvalue weighted by atomic mass is 9.67. The molecular weight excluding hydrogens is 771 g/mol. The zero-order chi connectivity index (χ0) is 40.8. The predicted octanol–water partition coefficient (Wildman–Crippen LogP) is 16.6. The molecule has 62 heavy (non-hydrogen) atoms. The summed E-state index contributed by atoms with van der Waals surface area (Å²) < 4.78 is 9.60. The second kappa shape index (κ2) is 13.7. The van der Waals surface area contributed by atoms with Gasteiger partial charge in [-0.2, -0.15) is 0 Å². The van der Waals surface area contributed by atoms with E-state index in [4.69, 9.17) is 4.42 Å². The van der Waals surface area contributed by atoms with Crippen LogP contribution < -0.4 is 4.90 Å². The zero-order valence-electron chi connectivity index (χ0n) is 33.6. The standard InChI is InChI=1S/C59H37NOS/c1-4-18-39(19-5-1)59(40-20-6-2-7-21-40)52-29-14-12-25-45(52)46-33-31-43(37-53(46)59)60(41-22-8-3-9-23-41)42-32-34-54-50(36-42)51-35-38-17-10-11-24-44(38)56(57(51)61-54)49-28-16-27-48-47-26-13-15-30-55(47)62-58(48)49/h1-37H. The van der Waals surface area contributed by atoms with E-state index in [2.05, 4.69) is 229 Å². The minimum Gasteiger partial charge on any atom is -0.455 e. The molecular formula is C59H37NOS. The fourth-order valence-electron chi connectivity index (χ4n) is 10.5. The van der Waals surface area contributed by atoms with E-state index in [0.717, 1.165) is 44.6 Å². The van der Waals surface area contributed by atoms with Crippen molar-refractivity contribution in [3.63, 3.8) is 0 Å². The van der Waals surface area contributed by atoms with Crippen LogP contribution in [0, 0.1) is 0 Å². The third-order valence-corrected chi connectivity index (χ3v) is 14.3. The Morgan fingerprint density at radius 3 is 1.81 bits per heavy atom. The van der Waals surface area contributed by atoms with Crippen molar-refractivity contribution in [2.75, 3.05) is 4.90 Å². The van der Waals surface area contributed by atoms with Crippen LogP contribution in [-0.2, 0) is 5.41 Å². The summed E-state index contributed by atoms with van der Waals surface area (Å²) in [5, 5.41) is 7.15. The predicted molar refractivity (Wildman–Crippen MR) is 262 cm³/mol. The molecule has 0 fully saturated rings. The molecule has 2 heterocycles. The topological polar surface area (TPSA) is 16.4 Å². The fourth-order valence-corrected chi connectivity index (χ4v) is 11.7. The number of furan rings is 1. The first kappa shape index (κ1) is 35.1. The lowest BCUT2D eigenvalue weighted by molar-refractivity contribution is 0.670. The molecule has 12 aromatic rings. The molecule has 1 aliphatic carbocycles. The van der Waals surface area contributed by atoms with Crippen molar-refractivity contribution >= 4 is 81.3 Å². The number of hydrogen-bond donors (Lipinski definition) is 0. The fraction of sp³-hybridized carbons (Fsp3) is 0.0169. The summed E-state index contributed by atoms with van der Waals surface area (Å²) in [6, 6.07) is 82.1. The highest BCUT2D eigenvalue weighted by Crippen LogP contribution is 2.57. The Balaban J connectivity index is 1.05. The van der Waals surface area contributed by atoms with E-state index in [1.807, 2.05) is 11.3 Å². The Hall–Kier alpha value is -7.72. The minimum atomic E-state index is -0.508. The van der Waals surface area contributed by atoms with Crippen LogP contribution in [0.1, 0.15) is 22.3 Å². The highest BCUT2D eigenvalue weighted by molar-refractivity contribution is 7.26. The smallest absolute Gasteiger partial charge is 0.143 e. The average molecular weight is 808 g/mol. The van der Waals surface area contributed by atoms with Crippen molar-refractivity contribution < 1.29 is 4.42 Å². The largest absolute Gasteiger partial charge is 0.455 e. The first-order valence-electron chi connectivity index (χ1n) is 21.2. The average Bonchev–Trinajstić information content (AvgIpc) is 4.00. The van der Waals surface area contributed by atoms with E-state index >= 15 is 0 Å². The number of hydrogen-bond acceptors (Lipinski definition) is 3. The normalized spacial score (nSPS) is 13.0. The van der Waals surface area contributed by atoms with Gasteiger partial charge in [-0.25, -0.2) is 0 Å². The maximum atomic E-state index is 7.02. The quantitative estimate of drug-likeness (QED) is 0.166. The molecule has 0 radical (unpaired) electrons. The van der Waals surface area contributed by atoms with Gasteiger partial charge in [-0.3, -0.25) is 0 Å². The summed E-state index contributed by atoms with van der Waals surface area (Å²) in [6.07, 6.45) is 0. The number of rotatable bonds is 6. The Kier molecular flexibility index (Phi) is 7.72. The van der Waals surface area contributed by atoms with E-state index < -0.39 is 5.41 Å². The number of fused-ring (bicyclic) bond motifs is 10. The maximum Gasteiger partial charge on any atom is 0.143 e. The lowest BCUT2D eigenvalue weighted by Crippen LogP contribution is -2.28. The molecule has 0 bridgehead atoms. The van der Waals surface area contributed by atoms with Crippen LogP contribution in [0.2, 0.25) is 0 Å². The van der Waals surface area contributed by atoms with Gasteiger partial charge >= 0.3 is 0 Å². The zero-order valence-corrected chi connectivity index (χ0v) is 34.4. The molecule has 2 nitrogen and oxygen atoms in total. The number of benzene rings is 10. The number of nitrogens with zero attached hydrogens (tertiary/aromatic N) is 1. The van der Waals surface area contributed by atoms with E-state index in [9.17, 15) is 0 Å². The van der Waals surface area contributed by atoms with Gasteiger partial charge in [0, 0.05) is 59.1 Å². The minimum absolute atomic E-state index is 0.508. The Morgan fingerprint density at radius 1 is 0.387 bits per heavy atom. The van der Waals surface area contributed by atoms with E-state index in [-0.39, 0.29) is 0 Å². The van der Waals surface area contributed by atoms with Crippen LogP contribution in [0.5, 0.6) is 0 Å². The molecule has 0 saturated carbocycles. The van der Waals surface area contributed by atoms with Gasteiger partial charge in [0.1, 0.15) is 11.2 Å². The summed E-state index contributed by atoms with van der Waals surface area (Å²) in [4.78, 5) is 2.40. The summed E-state index contributed by atoms with van der Waals surface area (Å²) in [5.41, 5.74) is 14.5. The van der Waals surface area contributed by atoms with Gasteiger partial charge in [-0.1, -0.05) is 170 Å².